The lowest BCUT2D eigenvalue weighted by Gasteiger charge is -2.22. The van der Waals surface area contributed by atoms with Gasteiger partial charge in [-0.25, -0.2) is 0 Å². The summed E-state index contributed by atoms with van der Waals surface area (Å²) >= 11 is 0. The SMILES string of the molecule is CC(=O)OCC(=O)Nc1ccc(N2CCCCCC2)cc1. The predicted octanol–water partition coefficient (Wildman–Crippen LogP) is 2.57. The fraction of sp³-hybridized carbons (Fsp3) is 0.500. The van der Waals surface area contributed by atoms with Crippen LogP contribution in [0.5, 0.6) is 0 Å². The zero-order valence-corrected chi connectivity index (χ0v) is 12.4. The number of ether oxygens (including phenoxy) is 1. The molecule has 1 fully saturated rings. The molecule has 0 aliphatic carbocycles. The molecule has 0 saturated carbocycles. The van der Waals surface area contributed by atoms with Crippen molar-refractivity contribution >= 4 is 23.3 Å². The summed E-state index contributed by atoms with van der Waals surface area (Å²) < 4.78 is 4.65. The predicted molar refractivity (Wildman–Crippen MR) is 82.4 cm³/mol. The summed E-state index contributed by atoms with van der Waals surface area (Å²) in [5, 5.41) is 2.71. The monoisotopic (exact) mass is 290 g/mol. The number of rotatable bonds is 4. The maximum atomic E-state index is 11.6. The maximum Gasteiger partial charge on any atom is 0.303 e. The molecule has 5 heteroatoms. The molecule has 0 unspecified atom stereocenters. The van der Waals surface area contributed by atoms with Gasteiger partial charge in [-0.05, 0) is 37.1 Å². The topological polar surface area (TPSA) is 58.6 Å². The van der Waals surface area contributed by atoms with Gasteiger partial charge in [0.25, 0.3) is 5.91 Å². The zero-order valence-electron chi connectivity index (χ0n) is 12.4. The number of benzene rings is 1. The Labute approximate surface area is 125 Å². The molecular formula is C16H22N2O3. The number of hydrogen-bond donors (Lipinski definition) is 1. The molecule has 1 aliphatic rings. The Morgan fingerprint density at radius 3 is 2.29 bits per heavy atom. The quantitative estimate of drug-likeness (QED) is 0.866. The Balaban J connectivity index is 1.89. The Hall–Kier alpha value is -2.04. The van der Waals surface area contributed by atoms with Crippen molar-refractivity contribution in [1.82, 2.24) is 0 Å². The minimum Gasteiger partial charge on any atom is -0.456 e. The Bertz CT molecular complexity index is 477. The summed E-state index contributed by atoms with van der Waals surface area (Å²) in [6.07, 6.45) is 5.09. The minimum absolute atomic E-state index is 0.247. The van der Waals surface area contributed by atoms with E-state index in [1.165, 1.54) is 38.3 Å². The molecule has 1 aromatic carbocycles. The van der Waals surface area contributed by atoms with E-state index in [2.05, 4.69) is 15.0 Å². The van der Waals surface area contributed by atoms with Gasteiger partial charge in [0.1, 0.15) is 0 Å². The molecule has 0 bridgehead atoms. The zero-order chi connectivity index (χ0) is 15.1. The van der Waals surface area contributed by atoms with Crippen molar-refractivity contribution in [3.63, 3.8) is 0 Å². The molecule has 1 saturated heterocycles. The van der Waals surface area contributed by atoms with Crippen LogP contribution in [0.4, 0.5) is 11.4 Å². The van der Waals surface area contributed by atoms with Crippen LogP contribution >= 0.6 is 0 Å². The first-order chi connectivity index (χ1) is 10.1. The third-order valence-corrected chi connectivity index (χ3v) is 3.53. The average Bonchev–Trinajstić information content (AvgIpc) is 2.75. The summed E-state index contributed by atoms with van der Waals surface area (Å²) in [5.74, 6) is -0.783. The van der Waals surface area contributed by atoms with Gasteiger partial charge in [0, 0.05) is 31.4 Å². The van der Waals surface area contributed by atoms with Gasteiger partial charge in [0.05, 0.1) is 0 Å². The highest BCUT2D eigenvalue weighted by molar-refractivity contribution is 5.92. The van der Waals surface area contributed by atoms with Gasteiger partial charge in [0.2, 0.25) is 0 Å². The molecule has 0 aromatic heterocycles. The summed E-state index contributed by atoms with van der Waals surface area (Å²) in [4.78, 5) is 24.6. The Kier molecular flexibility index (Phi) is 5.60. The van der Waals surface area contributed by atoms with Crippen molar-refractivity contribution in [3.05, 3.63) is 24.3 Å². The smallest absolute Gasteiger partial charge is 0.303 e. The normalized spacial score (nSPS) is 15.2. The van der Waals surface area contributed by atoms with Gasteiger partial charge in [-0.15, -0.1) is 0 Å². The van der Waals surface area contributed by atoms with Crippen LogP contribution in [0.1, 0.15) is 32.6 Å². The van der Waals surface area contributed by atoms with E-state index in [1.807, 2.05) is 24.3 Å². The van der Waals surface area contributed by atoms with Crippen molar-refractivity contribution in [2.75, 3.05) is 29.9 Å². The molecule has 1 N–H and O–H groups in total. The molecule has 0 spiro atoms. The first-order valence-electron chi connectivity index (χ1n) is 7.43. The number of esters is 1. The average molecular weight is 290 g/mol. The molecule has 21 heavy (non-hydrogen) atoms. The summed E-state index contributed by atoms with van der Waals surface area (Å²) in [6.45, 7) is 3.22. The van der Waals surface area contributed by atoms with E-state index in [0.29, 0.717) is 5.69 Å². The van der Waals surface area contributed by atoms with Crippen LogP contribution < -0.4 is 10.2 Å². The molecular weight excluding hydrogens is 268 g/mol. The van der Waals surface area contributed by atoms with Gasteiger partial charge in [-0.2, -0.15) is 0 Å². The van der Waals surface area contributed by atoms with Crippen LogP contribution in [-0.4, -0.2) is 31.6 Å². The largest absolute Gasteiger partial charge is 0.456 e. The lowest BCUT2D eigenvalue weighted by atomic mass is 10.2. The number of amides is 1. The van der Waals surface area contributed by atoms with Gasteiger partial charge in [0.15, 0.2) is 6.61 Å². The van der Waals surface area contributed by atoms with Crippen LogP contribution in [-0.2, 0) is 14.3 Å². The standard InChI is InChI=1S/C16H22N2O3/c1-13(19)21-12-16(20)17-14-6-8-15(9-7-14)18-10-4-2-3-5-11-18/h6-9H,2-5,10-12H2,1H3,(H,17,20). The van der Waals surface area contributed by atoms with Crippen molar-refractivity contribution in [2.24, 2.45) is 0 Å². The Morgan fingerprint density at radius 2 is 1.71 bits per heavy atom. The molecule has 114 valence electrons. The maximum absolute atomic E-state index is 11.6. The van der Waals surface area contributed by atoms with E-state index in [9.17, 15) is 9.59 Å². The first kappa shape index (κ1) is 15.4. The molecule has 1 aromatic rings. The van der Waals surface area contributed by atoms with Crippen molar-refractivity contribution in [1.29, 1.82) is 0 Å². The molecule has 5 nitrogen and oxygen atoms in total. The van der Waals surface area contributed by atoms with E-state index in [-0.39, 0.29) is 12.5 Å². The van der Waals surface area contributed by atoms with Crippen LogP contribution in [0.15, 0.2) is 24.3 Å². The third kappa shape index (κ3) is 5.10. The molecule has 1 aliphatic heterocycles. The fourth-order valence-corrected chi connectivity index (χ4v) is 2.45. The van der Waals surface area contributed by atoms with Crippen LogP contribution in [0.25, 0.3) is 0 Å². The van der Waals surface area contributed by atoms with E-state index < -0.39 is 5.97 Å². The summed E-state index contributed by atoms with van der Waals surface area (Å²) in [7, 11) is 0. The van der Waals surface area contributed by atoms with Crippen LogP contribution in [0.2, 0.25) is 0 Å². The number of nitrogens with one attached hydrogen (secondary N) is 1. The lowest BCUT2D eigenvalue weighted by Crippen LogP contribution is -2.24. The molecule has 0 atom stereocenters. The van der Waals surface area contributed by atoms with Gasteiger partial charge < -0.3 is 15.0 Å². The van der Waals surface area contributed by atoms with Gasteiger partial charge >= 0.3 is 5.97 Å². The van der Waals surface area contributed by atoms with Crippen molar-refractivity contribution < 1.29 is 14.3 Å². The fourth-order valence-electron chi connectivity index (χ4n) is 2.45. The minimum atomic E-state index is -0.457. The third-order valence-electron chi connectivity index (χ3n) is 3.53. The van der Waals surface area contributed by atoms with Crippen LogP contribution in [0, 0.1) is 0 Å². The highest BCUT2D eigenvalue weighted by atomic mass is 16.5. The second-order valence-corrected chi connectivity index (χ2v) is 5.28. The summed E-state index contributed by atoms with van der Waals surface area (Å²) in [5.41, 5.74) is 1.90. The van der Waals surface area contributed by atoms with E-state index in [4.69, 9.17) is 0 Å². The van der Waals surface area contributed by atoms with Crippen molar-refractivity contribution in [3.8, 4) is 0 Å². The second-order valence-electron chi connectivity index (χ2n) is 5.28. The number of nitrogens with zero attached hydrogens (tertiary/aromatic N) is 1. The summed E-state index contributed by atoms with van der Waals surface area (Å²) in [6, 6.07) is 7.80. The highest BCUT2D eigenvalue weighted by Crippen LogP contribution is 2.21. The molecule has 1 amide bonds. The molecule has 1 heterocycles. The van der Waals surface area contributed by atoms with Gasteiger partial charge in [-0.1, -0.05) is 12.8 Å². The lowest BCUT2D eigenvalue weighted by molar-refractivity contribution is -0.144. The molecule has 0 radical (unpaired) electrons. The number of hydrogen-bond acceptors (Lipinski definition) is 4. The molecule has 2 rings (SSSR count). The highest BCUT2D eigenvalue weighted by Gasteiger charge is 2.10. The van der Waals surface area contributed by atoms with E-state index >= 15 is 0 Å². The second kappa shape index (κ2) is 7.67. The first-order valence-corrected chi connectivity index (χ1v) is 7.43. The Morgan fingerprint density at radius 1 is 1.10 bits per heavy atom. The van der Waals surface area contributed by atoms with E-state index in [0.717, 1.165) is 13.1 Å². The van der Waals surface area contributed by atoms with Gasteiger partial charge in [-0.3, -0.25) is 9.59 Å². The van der Waals surface area contributed by atoms with Crippen LogP contribution in [0.3, 0.4) is 0 Å². The number of carbonyl (C=O) groups is 2. The van der Waals surface area contributed by atoms with E-state index in [1.54, 1.807) is 0 Å². The number of anilines is 2. The van der Waals surface area contributed by atoms with Crippen molar-refractivity contribution in [2.45, 2.75) is 32.6 Å². The number of carbonyl (C=O) groups excluding carboxylic acids is 2.